The molecular weight excluding hydrogens is 398 g/mol. The molecule has 3 fully saturated rings. The summed E-state index contributed by atoms with van der Waals surface area (Å²) in [6.07, 6.45) is 7.79. The summed E-state index contributed by atoms with van der Waals surface area (Å²) in [5, 5.41) is 16.2. The van der Waals surface area contributed by atoms with E-state index in [1.54, 1.807) is 18.2 Å². The smallest absolute Gasteiger partial charge is 0.270 e. The number of hydrazone groups is 1. The summed E-state index contributed by atoms with van der Waals surface area (Å²) in [6.45, 7) is 1.84. The Balaban J connectivity index is 1.24. The van der Waals surface area contributed by atoms with Gasteiger partial charge in [-0.3, -0.25) is 19.7 Å². The molecule has 2 bridgehead atoms. The fourth-order valence-corrected chi connectivity index (χ4v) is 5.85. The lowest BCUT2D eigenvalue weighted by molar-refractivity contribution is -0.384. The van der Waals surface area contributed by atoms with Gasteiger partial charge in [0, 0.05) is 17.7 Å². The fraction of sp³-hybridized carbons (Fsp3) is 0.348. The van der Waals surface area contributed by atoms with Crippen molar-refractivity contribution in [2.75, 3.05) is 0 Å². The van der Waals surface area contributed by atoms with E-state index in [0.29, 0.717) is 17.1 Å². The summed E-state index contributed by atoms with van der Waals surface area (Å²) in [5.41, 5.74) is 1.57. The molecule has 1 spiro atoms. The third-order valence-corrected chi connectivity index (χ3v) is 7.45. The summed E-state index contributed by atoms with van der Waals surface area (Å²) >= 11 is 0. The number of hydrogen-bond donors (Lipinski definition) is 0. The number of fused-ring (bicyclic) bond motifs is 3. The predicted octanol–water partition coefficient (Wildman–Crippen LogP) is 3.69. The first-order valence-corrected chi connectivity index (χ1v) is 10.4. The first-order valence-electron chi connectivity index (χ1n) is 10.4. The van der Waals surface area contributed by atoms with E-state index in [1.165, 1.54) is 18.3 Å². The van der Waals surface area contributed by atoms with E-state index >= 15 is 0 Å². The van der Waals surface area contributed by atoms with E-state index in [2.05, 4.69) is 17.3 Å². The van der Waals surface area contributed by atoms with Gasteiger partial charge in [0.2, 0.25) is 0 Å². The van der Waals surface area contributed by atoms with Gasteiger partial charge in [-0.15, -0.1) is 0 Å². The number of carbonyl (C=O) groups is 2. The number of carbonyl (C=O) groups excluding carboxylic acids is 2. The lowest BCUT2D eigenvalue weighted by Gasteiger charge is -2.18. The van der Waals surface area contributed by atoms with Crippen LogP contribution in [0.1, 0.15) is 24.2 Å². The van der Waals surface area contributed by atoms with E-state index < -0.39 is 4.92 Å². The van der Waals surface area contributed by atoms with Crippen LogP contribution in [-0.2, 0) is 9.59 Å². The van der Waals surface area contributed by atoms with Gasteiger partial charge >= 0.3 is 0 Å². The zero-order valence-corrected chi connectivity index (χ0v) is 16.7. The Bertz CT molecular complexity index is 1190. The molecule has 2 amide bonds. The number of hydrogen-bond acceptors (Lipinski definition) is 6. The largest absolute Gasteiger partial charge is 0.455 e. The van der Waals surface area contributed by atoms with Gasteiger partial charge in [-0.1, -0.05) is 18.2 Å². The Morgan fingerprint density at radius 1 is 1.13 bits per heavy atom. The van der Waals surface area contributed by atoms with E-state index in [9.17, 15) is 19.7 Å². The monoisotopic (exact) mass is 417 g/mol. The molecule has 1 saturated heterocycles. The third kappa shape index (κ3) is 2.38. The molecule has 4 aliphatic rings. The van der Waals surface area contributed by atoms with Crippen molar-refractivity contribution in [3.05, 3.63) is 63.9 Å². The quantitative estimate of drug-likeness (QED) is 0.248. The summed E-state index contributed by atoms with van der Waals surface area (Å²) in [6, 6.07) is 7.92. The highest BCUT2D eigenvalue weighted by atomic mass is 16.6. The molecule has 156 valence electrons. The van der Waals surface area contributed by atoms with Crippen LogP contribution in [0.2, 0.25) is 0 Å². The van der Waals surface area contributed by atoms with Gasteiger partial charge < -0.3 is 4.42 Å². The summed E-state index contributed by atoms with van der Waals surface area (Å²) in [4.78, 5) is 36.5. The molecule has 0 unspecified atom stereocenters. The van der Waals surface area contributed by atoms with Crippen LogP contribution in [0.15, 0.2) is 52.0 Å². The van der Waals surface area contributed by atoms with Crippen LogP contribution in [-0.4, -0.2) is 28.0 Å². The van der Waals surface area contributed by atoms with Gasteiger partial charge in [0.15, 0.2) is 0 Å². The first-order chi connectivity index (χ1) is 14.9. The highest BCUT2D eigenvalue weighted by Crippen LogP contribution is 2.73. The van der Waals surface area contributed by atoms with Crippen LogP contribution in [0, 0.1) is 46.1 Å². The molecule has 4 atom stereocenters. The van der Waals surface area contributed by atoms with Crippen LogP contribution >= 0.6 is 0 Å². The summed E-state index contributed by atoms with van der Waals surface area (Å²) in [5.74, 6) is 0.0993. The maximum Gasteiger partial charge on any atom is 0.270 e. The van der Waals surface area contributed by atoms with E-state index in [-0.39, 0.29) is 46.6 Å². The SMILES string of the molecule is Cc1ccc([N+](=O)[O-])cc1-c1ccc(/C=N\N2C(=O)[C@H]3[C@H](C2=O)[C@H]2C=C[C@H]3C23CC3)o1. The molecule has 8 nitrogen and oxygen atoms in total. The molecule has 6 rings (SSSR count). The van der Waals surface area contributed by atoms with E-state index in [4.69, 9.17) is 4.42 Å². The molecule has 1 aromatic carbocycles. The second-order valence-electron chi connectivity index (χ2n) is 8.91. The van der Waals surface area contributed by atoms with Crippen LogP contribution in [0.25, 0.3) is 11.3 Å². The van der Waals surface area contributed by atoms with E-state index in [0.717, 1.165) is 23.4 Å². The van der Waals surface area contributed by atoms with Gasteiger partial charge in [0.1, 0.15) is 11.5 Å². The Morgan fingerprint density at radius 2 is 1.81 bits per heavy atom. The zero-order chi connectivity index (χ0) is 21.5. The number of furan rings is 1. The van der Waals surface area contributed by atoms with E-state index in [1.807, 2.05) is 6.92 Å². The number of nitro groups is 1. The number of non-ortho nitro benzene ring substituents is 1. The summed E-state index contributed by atoms with van der Waals surface area (Å²) < 4.78 is 5.77. The van der Waals surface area contributed by atoms with Crippen molar-refractivity contribution in [1.29, 1.82) is 0 Å². The molecule has 1 aliphatic heterocycles. The average molecular weight is 417 g/mol. The first kappa shape index (κ1) is 18.2. The number of benzene rings is 1. The Labute approximate surface area is 177 Å². The normalized spacial score (nSPS) is 29.5. The van der Waals surface area contributed by atoms with Crippen molar-refractivity contribution in [2.24, 2.45) is 34.2 Å². The molecule has 0 radical (unpaired) electrons. The van der Waals surface area contributed by atoms with Gasteiger partial charge in [-0.2, -0.15) is 10.1 Å². The minimum Gasteiger partial charge on any atom is -0.455 e. The number of nitro benzene ring substituents is 1. The maximum absolute atomic E-state index is 13.0. The average Bonchev–Trinajstić information content (AvgIpc) is 3.03. The number of imide groups is 1. The predicted molar refractivity (Wildman–Crippen MR) is 110 cm³/mol. The van der Waals surface area contributed by atoms with Crippen LogP contribution in [0.5, 0.6) is 0 Å². The topological polar surface area (TPSA) is 106 Å². The van der Waals surface area contributed by atoms with Crippen molar-refractivity contribution in [3.8, 4) is 11.3 Å². The highest BCUT2D eigenvalue weighted by molar-refractivity contribution is 6.07. The molecule has 8 heteroatoms. The van der Waals surface area contributed by atoms with Gasteiger partial charge in [-0.25, -0.2) is 0 Å². The lowest BCUT2D eigenvalue weighted by atomic mass is 9.85. The van der Waals surface area contributed by atoms with Gasteiger partial charge in [0.25, 0.3) is 17.5 Å². The molecule has 2 saturated carbocycles. The van der Waals surface area contributed by atoms with Crippen LogP contribution in [0.4, 0.5) is 5.69 Å². The molecular formula is C23H19N3O5. The molecule has 2 heterocycles. The molecule has 0 N–H and O–H groups in total. The standard InChI is InChI=1S/C23H19N3O5/c1-12-2-3-13(26(29)30)10-15(12)18-7-4-14(31-18)11-24-25-21(27)19-16-5-6-17(20(19)22(25)28)23(16)8-9-23/h2-7,10-11,16-17,19-20H,8-9H2,1H3/b24-11-/t16-,17-,19-,20-/m1/s1. The molecule has 3 aliphatic carbocycles. The molecule has 1 aromatic heterocycles. The molecule has 2 aromatic rings. The Hall–Kier alpha value is -3.55. The number of aryl methyl sites for hydroxylation is 1. The van der Waals surface area contributed by atoms with Gasteiger partial charge in [0.05, 0.1) is 23.0 Å². The maximum atomic E-state index is 13.0. The van der Waals surface area contributed by atoms with Crippen molar-refractivity contribution in [1.82, 2.24) is 5.01 Å². The second kappa shape index (κ2) is 6.00. The van der Waals surface area contributed by atoms with Crippen LogP contribution in [0.3, 0.4) is 0 Å². The number of nitrogens with zero attached hydrogens (tertiary/aromatic N) is 3. The highest BCUT2D eigenvalue weighted by Gasteiger charge is 2.73. The zero-order valence-electron chi connectivity index (χ0n) is 16.7. The van der Waals surface area contributed by atoms with Crippen LogP contribution < -0.4 is 0 Å². The minimum atomic E-state index is -0.455. The van der Waals surface area contributed by atoms with Crippen molar-refractivity contribution >= 4 is 23.7 Å². The number of amides is 2. The number of allylic oxidation sites excluding steroid dienone is 2. The van der Waals surface area contributed by atoms with Gasteiger partial charge in [-0.05, 0) is 54.7 Å². The second-order valence-corrected chi connectivity index (χ2v) is 8.91. The number of rotatable bonds is 4. The van der Waals surface area contributed by atoms with Crippen molar-refractivity contribution in [2.45, 2.75) is 19.8 Å². The lowest BCUT2D eigenvalue weighted by Crippen LogP contribution is -2.30. The van der Waals surface area contributed by atoms with Crippen molar-refractivity contribution < 1.29 is 18.9 Å². The Morgan fingerprint density at radius 3 is 2.42 bits per heavy atom. The fourth-order valence-electron chi connectivity index (χ4n) is 5.85. The minimum absolute atomic E-state index is 0.0244. The Kier molecular flexibility index (Phi) is 3.53. The molecule has 31 heavy (non-hydrogen) atoms. The van der Waals surface area contributed by atoms with Crippen molar-refractivity contribution in [3.63, 3.8) is 0 Å². The third-order valence-electron chi connectivity index (χ3n) is 7.45. The summed E-state index contributed by atoms with van der Waals surface area (Å²) in [7, 11) is 0.